The average molecular weight is 254 g/mol. The molecule has 96 valence electrons. The lowest BCUT2D eigenvalue weighted by atomic mass is 10.0. The molecule has 0 aliphatic heterocycles. The van der Waals surface area contributed by atoms with Gasteiger partial charge < -0.3 is 10.2 Å². The second-order valence-electron chi connectivity index (χ2n) is 4.83. The summed E-state index contributed by atoms with van der Waals surface area (Å²) in [6.45, 7) is 7.06. The first-order chi connectivity index (χ1) is 8.00. The van der Waals surface area contributed by atoms with Gasteiger partial charge in [0.1, 0.15) is 0 Å². The van der Waals surface area contributed by atoms with Gasteiger partial charge in [0, 0.05) is 18.0 Å². The highest BCUT2D eigenvalue weighted by molar-refractivity contribution is 7.09. The predicted molar refractivity (Wildman–Crippen MR) is 73.2 cm³/mol. The lowest BCUT2D eigenvalue weighted by Gasteiger charge is -2.26. The van der Waals surface area contributed by atoms with Crippen molar-refractivity contribution in [2.45, 2.75) is 39.8 Å². The topological polar surface area (TPSA) is 32.3 Å². The molecule has 2 amide bonds. The van der Waals surface area contributed by atoms with Crippen molar-refractivity contribution in [1.82, 2.24) is 10.2 Å². The van der Waals surface area contributed by atoms with Crippen molar-refractivity contribution in [2.75, 3.05) is 7.05 Å². The summed E-state index contributed by atoms with van der Waals surface area (Å²) in [5.74, 6) is 0.609. The largest absolute Gasteiger partial charge is 0.333 e. The maximum atomic E-state index is 11.9. The molecule has 1 rings (SSSR count). The summed E-state index contributed by atoms with van der Waals surface area (Å²) in [4.78, 5) is 14.8. The number of carbonyl (C=O) groups is 1. The van der Waals surface area contributed by atoms with E-state index in [0.29, 0.717) is 12.5 Å². The average Bonchev–Trinajstić information content (AvgIpc) is 2.76. The van der Waals surface area contributed by atoms with Gasteiger partial charge in [-0.15, -0.1) is 11.3 Å². The highest BCUT2D eigenvalue weighted by Crippen LogP contribution is 2.11. The van der Waals surface area contributed by atoms with Crippen LogP contribution in [0.3, 0.4) is 0 Å². The van der Waals surface area contributed by atoms with E-state index in [1.165, 1.54) is 4.88 Å². The number of urea groups is 1. The van der Waals surface area contributed by atoms with Crippen LogP contribution in [0.15, 0.2) is 17.5 Å². The zero-order chi connectivity index (χ0) is 12.8. The van der Waals surface area contributed by atoms with Gasteiger partial charge in [0.25, 0.3) is 0 Å². The van der Waals surface area contributed by atoms with Crippen LogP contribution >= 0.6 is 11.3 Å². The van der Waals surface area contributed by atoms with Crippen LogP contribution in [0.5, 0.6) is 0 Å². The van der Waals surface area contributed by atoms with E-state index in [9.17, 15) is 4.79 Å². The molecule has 3 nitrogen and oxygen atoms in total. The molecule has 0 unspecified atom stereocenters. The van der Waals surface area contributed by atoms with Crippen molar-refractivity contribution in [1.29, 1.82) is 0 Å². The number of thiophene rings is 1. The van der Waals surface area contributed by atoms with E-state index in [1.807, 2.05) is 24.6 Å². The molecule has 0 bridgehead atoms. The molecule has 0 aliphatic carbocycles. The molecule has 0 aromatic carbocycles. The fourth-order valence-electron chi connectivity index (χ4n) is 1.74. The minimum atomic E-state index is 0.00606. The smallest absolute Gasteiger partial charge is 0.317 e. The third kappa shape index (κ3) is 4.77. The van der Waals surface area contributed by atoms with E-state index in [2.05, 4.69) is 26.1 Å². The fraction of sp³-hybridized carbons (Fsp3) is 0.615. The zero-order valence-corrected chi connectivity index (χ0v) is 11.9. The van der Waals surface area contributed by atoms with Crippen LogP contribution in [0.4, 0.5) is 4.79 Å². The van der Waals surface area contributed by atoms with Gasteiger partial charge >= 0.3 is 6.03 Å². The number of carbonyl (C=O) groups excluding carboxylic acids is 1. The first-order valence-corrected chi connectivity index (χ1v) is 6.91. The standard InChI is InChI=1S/C13H22N2OS/c1-10(2)8-11(3)15(4)13(16)14-9-12-6-5-7-17-12/h5-7,10-11H,8-9H2,1-4H3,(H,14,16)/t11-/m1/s1. The molecule has 0 aliphatic rings. The predicted octanol–water partition coefficient (Wildman–Crippen LogP) is 3.32. The summed E-state index contributed by atoms with van der Waals surface area (Å²) in [7, 11) is 1.86. The molecule has 1 N–H and O–H groups in total. The molecule has 1 aromatic rings. The van der Waals surface area contributed by atoms with Crippen LogP contribution in [0, 0.1) is 5.92 Å². The minimum absolute atomic E-state index is 0.00606. The number of nitrogens with one attached hydrogen (secondary N) is 1. The zero-order valence-electron chi connectivity index (χ0n) is 11.1. The summed E-state index contributed by atoms with van der Waals surface area (Å²) in [5, 5.41) is 4.96. The van der Waals surface area contributed by atoms with Crippen molar-refractivity contribution in [3.8, 4) is 0 Å². The Labute approximate surface area is 108 Å². The van der Waals surface area contributed by atoms with Gasteiger partial charge in [-0.25, -0.2) is 4.79 Å². The normalized spacial score (nSPS) is 12.5. The lowest BCUT2D eigenvalue weighted by molar-refractivity contribution is 0.186. The van der Waals surface area contributed by atoms with Crippen LogP contribution in [0.1, 0.15) is 32.1 Å². The molecular formula is C13H22N2OS. The summed E-state index contributed by atoms with van der Waals surface area (Å²) >= 11 is 1.66. The third-order valence-corrected chi connectivity index (χ3v) is 3.66. The van der Waals surface area contributed by atoms with Crippen LogP contribution in [-0.4, -0.2) is 24.0 Å². The highest BCUT2D eigenvalue weighted by Gasteiger charge is 2.16. The lowest BCUT2D eigenvalue weighted by Crippen LogP contribution is -2.42. The Kier molecular flexibility index (Phi) is 5.48. The SMILES string of the molecule is CC(C)C[C@@H](C)N(C)C(=O)NCc1cccs1. The molecule has 0 spiro atoms. The van der Waals surface area contributed by atoms with Crippen molar-refractivity contribution in [3.63, 3.8) is 0 Å². The number of nitrogens with zero attached hydrogens (tertiary/aromatic N) is 1. The summed E-state index contributed by atoms with van der Waals surface area (Å²) in [6.07, 6.45) is 1.03. The van der Waals surface area contributed by atoms with E-state index in [4.69, 9.17) is 0 Å². The Morgan fingerprint density at radius 3 is 2.71 bits per heavy atom. The first kappa shape index (κ1) is 14.0. The number of hydrogen-bond donors (Lipinski definition) is 1. The highest BCUT2D eigenvalue weighted by atomic mass is 32.1. The molecule has 4 heteroatoms. The third-order valence-electron chi connectivity index (χ3n) is 2.79. The molecule has 0 fully saturated rings. The van der Waals surface area contributed by atoms with Crippen LogP contribution < -0.4 is 5.32 Å². The molecule has 0 radical (unpaired) electrons. The van der Waals surface area contributed by atoms with E-state index in [-0.39, 0.29) is 12.1 Å². The molecule has 1 atom stereocenters. The van der Waals surface area contributed by atoms with E-state index in [1.54, 1.807) is 16.2 Å². The van der Waals surface area contributed by atoms with Crippen LogP contribution in [0.25, 0.3) is 0 Å². The Bertz CT molecular complexity index is 335. The van der Waals surface area contributed by atoms with E-state index >= 15 is 0 Å². The van der Waals surface area contributed by atoms with Crippen molar-refractivity contribution in [2.24, 2.45) is 5.92 Å². The maximum Gasteiger partial charge on any atom is 0.317 e. The summed E-state index contributed by atoms with van der Waals surface area (Å²) < 4.78 is 0. The number of hydrogen-bond acceptors (Lipinski definition) is 2. The Morgan fingerprint density at radius 1 is 1.47 bits per heavy atom. The maximum absolute atomic E-state index is 11.9. The van der Waals surface area contributed by atoms with E-state index < -0.39 is 0 Å². The first-order valence-electron chi connectivity index (χ1n) is 6.03. The summed E-state index contributed by atoms with van der Waals surface area (Å²) in [5.41, 5.74) is 0. The second kappa shape index (κ2) is 6.64. The minimum Gasteiger partial charge on any atom is -0.333 e. The van der Waals surface area contributed by atoms with Gasteiger partial charge in [0.2, 0.25) is 0 Å². The molecule has 0 saturated heterocycles. The number of rotatable bonds is 5. The second-order valence-corrected chi connectivity index (χ2v) is 5.86. The van der Waals surface area contributed by atoms with Crippen molar-refractivity contribution in [3.05, 3.63) is 22.4 Å². The Morgan fingerprint density at radius 2 is 2.18 bits per heavy atom. The van der Waals surface area contributed by atoms with Crippen LogP contribution in [0.2, 0.25) is 0 Å². The molecule has 1 aromatic heterocycles. The van der Waals surface area contributed by atoms with Crippen molar-refractivity contribution < 1.29 is 4.79 Å². The Hall–Kier alpha value is -1.03. The van der Waals surface area contributed by atoms with Crippen LogP contribution in [-0.2, 0) is 6.54 Å². The molecular weight excluding hydrogens is 232 g/mol. The molecule has 1 heterocycles. The van der Waals surface area contributed by atoms with Gasteiger partial charge in [-0.2, -0.15) is 0 Å². The quantitative estimate of drug-likeness (QED) is 0.859. The fourth-order valence-corrected chi connectivity index (χ4v) is 2.39. The van der Waals surface area contributed by atoms with E-state index in [0.717, 1.165) is 6.42 Å². The van der Waals surface area contributed by atoms with Gasteiger partial charge in [-0.3, -0.25) is 0 Å². The molecule has 0 saturated carbocycles. The summed E-state index contributed by atoms with van der Waals surface area (Å²) in [6, 6.07) is 4.31. The van der Waals surface area contributed by atoms with Gasteiger partial charge in [-0.1, -0.05) is 19.9 Å². The molecule has 17 heavy (non-hydrogen) atoms. The van der Waals surface area contributed by atoms with Gasteiger partial charge in [0.15, 0.2) is 0 Å². The number of amides is 2. The van der Waals surface area contributed by atoms with Crippen molar-refractivity contribution >= 4 is 17.4 Å². The Balaban J connectivity index is 2.36. The monoisotopic (exact) mass is 254 g/mol. The van der Waals surface area contributed by atoms with Gasteiger partial charge in [0.05, 0.1) is 6.54 Å². The van der Waals surface area contributed by atoms with Gasteiger partial charge in [-0.05, 0) is 30.7 Å².